The van der Waals surface area contributed by atoms with Gasteiger partial charge in [-0.05, 0) is 55.5 Å². The summed E-state index contributed by atoms with van der Waals surface area (Å²) in [6.45, 7) is 4.11. The minimum Gasteiger partial charge on any atom is -0.482 e. The molecule has 0 aliphatic carbocycles. The lowest BCUT2D eigenvalue weighted by Gasteiger charge is -2.13. The third-order valence-electron chi connectivity index (χ3n) is 4.03. The van der Waals surface area contributed by atoms with Crippen LogP contribution in [0.15, 0.2) is 41.0 Å². The van der Waals surface area contributed by atoms with E-state index in [1.54, 1.807) is 6.26 Å². The summed E-state index contributed by atoms with van der Waals surface area (Å²) in [6.07, 6.45) is 4.82. The average molecular weight is 316 g/mol. The maximum Gasteiger partial charge on any atom is 0.343 e. The molecule has 0 aliphatic rings. The summed E-state index contributed by atoms with van der Waals surface area (Å²) < 4.78 is 15.6. The van der Waals surface area contributed by atoms with Crippen LogP contribution in [0, 0.1) is 6.92 Å². The quantitative estimate of drug-likeness (QED) is 0.683. The van der Waals surface area contributed by atoms with E-state index < -0.39 is 0 Å². The van der Waals surface area contributed by atoms with Gasteiger partial charge in [0, 0.05) is 5.92 Å². The highest BCUT2D eigenvalue weighted by atomic mass is 16.6. The number of esters is 1. The fourth-order valence-corrected chi connectivity index (χ4v) is 2.64. The van der Waals surface area contributed by atoms with Crippen LogP contribution in [0.3, 0.4) is 0 Å². The van der Waals surface area contributed by atoms with Crippen molar-refractivity contribution >= 4 is 5.97 Å². The Morgan fingerprint density at radius 3 is 2.74 bits per heavy atom. The number of methoxy groups -OCH3 is 1. The first-order valence-electron chi connectivity index (χ1n) is 7.96. The highest BCUT2D eigenvalue weighted by molar-refractivity contribution is 5.70. The van der Waals surface area contributed by atoms with Gasteiger partial charge in [-0.2, -0.15) is 0 Å². The lowest BCUT2D eigenvalue weighted by atomic mass is 9.94. The van der Waals surface area contributed by atoms with Gasteiger partial charge >= 0.3 is 5.97 Å². The van der Waals surface area contributed by atoms with Gasteiger partial charge in [0.1, 0.15) is 11.5 Å². The number of hydrogen-bond donors (Lipinski definition) is 0. The summed E-state index contributed by atoms with van der Waals surface area (Å²) in [5.74, 6) is 1.85. The second-order valence-corrected chi connectivity index (χ2v) is 5.62. The molecule has 0 aliphatic heterocycles. The molecule has 0 saturated carbocycles. The molecule has 0 N–H and O–H groups in total. The predicted octanol–water partition coefficient (Wildman–Crippen LogP) is 4.27. The van der Waals surface area contributed by atoms with Gasteiger partial charge in [-0.25, -0.2) is 4.79 Å². The smallest absolute Gasteiger partial charge is 0.343 e. The van der Waals surface area contributed by atoms with E-state index in [0.29, 0.717) is 5.92 Å². The van der Waals surface area contributed by atoms with E-state index in [4.69, 9.17) is 9.15 Å². The Bertz CT molecular complexity index is 616. The number of rotatable bonds is 8. The van der Waals surface area contributed by atoms with Gasteiger partial charge in [-0.3, -0.25) is 0 Å². The molecule has 4 heteroatoms. The third-order valence-corrected chi connectivity index (χ3v) is 4.03. The Labute approximate surface area is 137 Å². The molecule has 0 bridgehead atoms. The maximum atomic E-state index is 11.1. The van der Waals surface area contributed by atoms with E-state index in [1.807, 2.05) is 25.1 Å². The second kappa shape index (κ2) is 8.42. The standard InChI is InChI=1S/C19H24O4/c1-4-16(18-6-5-11-22-18)9-7-15-8-10-17(14(2)12-15)23-13-19(20)21-3/h5-6,8,10-12,16H,4,7,9,13H2,1-3H3. The molecule has 1 unspecified atom stereocenters. The van der Waals surface area contributed by atoms with Crippen molar-refractivity contribution in [1.29, 1.82) is 0 Å². The molecule has 124 valence electrons. The highest BCUT2D eigenvalue weighted by Crippen LogP contribution is 2.27. The highest BCUT2D eigenvalue weighted by Gasteiger charge is 2.13. The fraction of sp³-hybridized carbons (Fsp3) is 0.421. The number of ether oxygens (including phenoxy) is 2. The van der Waals surface area contributed by atoms with Crippen LogP contribution in [-0.2, 0) is 16.0 Å². The van der Waals surface area contributed by atoms with E-state index in [1.165, 1.54) is 12.7 Å². The molecular formula is C19H24O4. The molecule has 1 heterocycles. The van der Waals surface area contributed by atoms with Crippen molar-refractivity contribution in [2.24, 2.45) is 0 Å². The second-order valence-electron chi connectivity index (χ2n) is 5.62. The molecular weight excluding hydrogens is 292 g/mol. The van der Waals surface area contributed by atoms with E-state index in [9.17, 15) is 4.79 Å². The molecule has 1 atom stereocenters. The summed E-state index contributed by atoms with van der Waals surface area (Å²) in [7, 11) is 1.35. The predicted molar refractivity (Wildman–Crippen MR) is 88.8 cm³/mol. The van der Waals surface area contributed by atoms with Gasteiger partial charge in [0.05, 0.1) is 13.4 Å². The third kappa shape index (κ3) is 4.88. The van der Waals surface area contributed by atoms with Crippen LogP contribution in [0.25, 0.3) is 0 Å². The van der Waals surface area contributed by atoms with Crippen molar-refractivity contribution in [3.05, 3.63) is 53.5 Å². The first-order chi connectivity index (χ1) is 11.1. The first kappa shape index (κ1) is 17.1. The zero-order valence-corrected chi connectivity index (χ0v) is 14.0. The zero-order valence-electron chi connectivity index (χ0n) is 14.0. The molecule has 23 heavy (non-hydrogen) atoms. The van der Waals surface area contributed by atoms with E-state index in [-0.39, 0.29) is 12.6 Å². The molecule has 1 aromatic carbocycles. The van der Waals surface area contributed by atoms with Crippen LogP contribution in [0.4, 0.5) is 0 Å². The number of carbonyl (C=O) groups is 1. The van der Waals surface area contributed by atoms with E-state index in [0.717, 1.165) is 36.3 Å². The Morgan fingerprint density at radius 1 is 1.30 bits per heavy atom. The average Bonchev–Trinajstić information content (AvgIpc) is 3.08. The van der Waals surface area contributed by atoms with Gasteiger partial charge in [0.25, 0.3) is 0 Å². The van der Waals surface area contributed by atoms with Gasteiger partial charge in [-0.1, -0.05) is 19.1 Å². The number of furan rings is 1. The van der Waals surface area contributed by atoms with Gasteiger partial charge in [0.15, 0.2) is 6.61 Å². The fourth-order valence-electron chi connectivity index (χ4n) is 2.64. The molecule has 1 aromatic heterocycles. The molecule has 0 amide bonds. The van der Waals surface area contributed by atoms with Crippen molar-refractivity contribution in [1.82, 2.24) is 0 Å². The minimum absolute atomic E-state index is 0.0624. The number of aryl methyl sites for hydroxylation is 2. The van der Waals surface area contributed by atoms with Gasteiger partial charge in [0.2, 0.25) is 0 Å². The van der Waals surface area contributed by atoms with Crippen LogP contribution in [0.1, 0.15) is 42.6 Å². The van der Waals surface area contributed by atoms with Gasteiger partial charge in [-0.15, -0.1) is 0 Å². The molecule has 2 rings (SSSR count). The lowest BCUT2D eigenvalue weighted by molar-refractivity contribution is -0.142. The molecule has 0 radical (unpaired) electrons. The van der Waals surface area contributed by atoms with Crippen molar-refractivity contribution in [2.45, 2.75) is 39.0 Å². The summed E-state index contributed by atoms with van der Waals surface area (Å²) in [5, 5.41) is 0. The van der Waals surface area contributed by atoms with Gasteiger partial charge < -0.3 is 13.9 Å². The van der Waals surface area contributed by atoms with Crippen LogP contribution in [-0.4, -0.2) is 19.7 Å². The first-order valence-corrected chi connectivity index (χ1v) is 7.96. The topological polar surface area (TPSA) is 48.7 Å². The van der Waals surface area contributed by atoms with E-state index >= 15 is 0 Å². The molecule has 4 nitrogen and oxygen atoms in total. The Morgan fingerprint density at radius 2 is 2.13 bits per heavy atom. The van der Waals surface area contributed by atoms with Crippen LogP contribution < -0.4 is 4.74 Å². The molecule has 2 aromatic rings. The number of hydrogen-bond acceptors (Lipinski definition) is 4. The van der Waals surface area contributed by atoms with E-state index in [2.05, 4.69) is 23.8 Å². The number of benzene rings is 1. The Balaban J connectivity index is 1.93. The normalized spacial score (nSPS) is 12.0. The van der Waals surface area contributed by atoms with Crippen molar-refractivity contribution in [3.63, 3.8) is 0 Å². The molecule has 0 spiro atoms. The minimum atomic E-state index is -0.377. The summed E-state index contributed by atoms with van der Waals surface area (Å²) in [6, 6.07) is 10.1. The Kier molecular flexibility index (Phi) is 6.27. The SMILES string of the molecule is CCC(CCc1ccc(OCC(=O)OC)c(C)c1)c1ccco1. The summed E-state index contributed by atoms with van der Waals surface area (Å²) in [4.78, 5) is 11.1. The van der Waals surface area contributed by atoms with Crippen LogP contribution in [0.2, 0.25) is 0 Å². The monoisotopic (exact) mass is 316 g/mol. The maximum absolute atomic E-state index is 11.1. The summed E-state index contributed by atoms with van der Waals surface area (Å²) >= 11 is 0. The lowest BCUT2D eigenvalue weighted by Crippen LogP contribution is -2.13. The molecule has 0 fully saturated rings. The van der Waals surface area contributed by atoms with Crippen LogP contribution >= 0.6 is 0 Å². The van der Waals surface area contributed by atoms with Crippen molar-refractivity contribution in [2.75, 3.05) is 13.7 Å². The van der Waals surface area contributed by atoms with Crippen molar-refractivity contribution < 1.29 is 18.7 Å². The largest absolute Gasteiger partial charge is 0.482 e. The molecule has 0 saturated heterocycles. The summed E-state index contributed by atoms with van der Waals surface area (Å²) in [5.41, 5.74) is 2.29. The van der Waals surface area contributed by atoms with Crippen molar-refractivity contribution in [3.8, 4) is 5.75 Å². The number of carbonyl (C=O) groups excluding carboxylic acids is 1. The zero-order chi connectivity index (χ0) is 16.7. The Hall–Kier alpha value is -2.23. The van der Waals surface area contributed by atoms with Crippen LogP contribution in [0.5, 0.6) is 5.75 Å².